The van der Waals surface area contributed by atoms with Gasteiger partial charge in [0.1, 0.15) is 9.54 Å². The van der Waals surface area contributed by atoms with Crippen molar-refractivity contribution in [2.45, 2.75) is 40.0 Å². The van der Waals surface area contributed by atoms with Gasteiger partial charge in [0.25, 0.3) is 0 Å². The molecule has 0 saturated heterocycles. The van der Waals surface area contributed by atoms with Crippen molar-refractivity contribution in [3.05, 3.63) is 23.5 Å². The second-order valence-corrected chi connectivity index (χ2v) is 5.13. The van der Waals surface area contributed by atoms with Crippen molar-refractivity contribution in [2.75, 3.05) is 0 Å². The number of allylic oxidation sites excluding steroid dienone is 3. The number of rotatable bonds is 6. The summed E-state index contributed by atoms with van der Waals surface area (Å²) in [6.07, 6.45) is 7.75. The van der Waals surface area contributed by atoms with Crippen molar-refractivity contribution < 1.29 is 0 Å². The zero-order valence-corrected chi connectivity index (χ0v) is 13.8. The molecule has 0 heterocycles. The van der Waals surface area contributed by atoms with Crippen LogP contribution in [0.1, 0.15) is 40.0 Å². The first-order valence-corrected chi connectivity index (χ1v) is 7.21. The van der Waals surface area contributed by atoms with Gasteiger partial charge in [-0.3, -0.25) is 0 Å². The molecular formula is C11H18I2N2. The summed E-state index contributed by atoms with van der Waals surface area (Å²) in [7, 11) is 0. The quantitative estimate of drug-likeness (QED) is 0.279. The molecule has 86 valence electrons. The molecular weight excluding hydrogens is 414 g/mol. The lowest BCUT2D eigenvalue weighted by molar-refractivity contribution is 0.808. The SMILES string of the molecule is CCCC/C=C(/N=C(I)C=C(C)C)NI. The Labute approximate surface area is 120 Å². The van der Waals surface area contributed by atoms with E-state index in [1.54, 1.807) is 0 Å². The minimum Gasteiger partial charge on any atom is -0.313 e. The topological polar surface area (TPSA) is 24.4 Å². The Bertz CT molecular complexity index is 264. The second kappa shape index (κ2) is 9.62. The molecule has 0 amide bonds. The minimum atomic E-state index is 0.950. The first kappa shape index (κ1) is 15.4. The summed E-state index contributed by atoms with van der Waals surface area (Å²) in [6, 6.07) is 0. The van der Waals surface area contributed by atoms with Gasteiger partial charge in [-0.2, -0.15) is 0 Å². The van der Waals surface area contributed by atoms with Crippen LogP contribution in [0, 0.1) is 0 Å². The Morgan fingerprint density at radius 2 is 2.07 bits per heavy atom. The van der Waals surface area contributed by atoms with Crippen LogP contribution in [0.4, 0.5) is 0 Å². The van der Waals surface area contributed by atoms with Gasteiger partial charge in [-0.1, -0.05) is 18.9 Å². The van der Waals surface area contributed by atoms with Crippen LogP contribution in [-0.4, -0.2) is 3.72 Å². The van der Waals surface area contributed by atoms with Crippen molar-refractivity contribution in [3.8, 4) is 0 Å². The van der Waals surface area contributed by atoms with Gasteiger partial charge in [-0.25, -0.2) is 4.99 Å². The zero-order valence-electron chi connectivity index (χ0n) is 9.48. The van der Waals surface area contributed by atoms with Crippen LogP contribution in [0.15, 0.2) is 28.5 Å². The maximum Gasteiger partial charge on any atom is 0.131 e. The summed E-state index contributed by atoms with van der Waals surface area (Å²) >= 11 is 4.36. The average molecular weight is 432 g/mol. The molecule has 0 aliphatic carbocycles. The summed E-state index contributed by atoms with van der Waals surface area (Å²) in [5, 5.41) is 0. The Morgan fingerprint density at radius 1 is 1.40 bits per heavy atom. The first-order valence-electron chi connectivity index (χ1n) is 5.06. The van der Waals surface area contributed by atoms with E-state index < -0.39 is 0 Å². The third-order valence-corrected chi connectivity index (χ3v) is 2.73. The normalized spacial score (nSPS) is 12.6. The monoisotopic (exact) mass is 432 g/mol. The van der Waals surface area contributed by atoms with Gasteiger partial charge in [-0.05, 0) is 61.4 Å². The Kier molecular flexibility index (Phi) is 9.89. The number of unbranched alkanes of at least 4 members (excludes halogenated alkanes) is 2. The van der Waals surface area contributed by atoms with Gasteiger partial charge in [0, 0.05) is 0 Å². The van der Waals surface area contributed by atoms with E-state index in [1.165, 1.54) is 18.4 Å². The molecule has 0 radical (unpaired) electrons. The van der Waals surface area contributed by atoms with Crippen LogP contribution in [0.5, 0.6) is 0 Å². The van der Waals surface area contributed by atoms with E-state index in [0.717, 1.165) is 16.0 Å². The number of nitrogens with one attached hydrogen (secondary N) is 1. The Balaban J connectivity index is 4.42. The van der Waals surface area contributed by atoms with Crippen LogP contribution < -0.4 is 3.53 Å². The lowest BCUT2D eigenvalue weighted by atomic mass is 10.2. The number of aliphatic imine (C=N–C) groups is 1. The molecule has 0 unspecified atom stereocenters. The van der Waals surface area contributed by atoms with E-state index in [0.29, 0.717) is 0 Å². The van der Waals surface area contributed by atoms with Gasteiger partial charge < -0.3 is 3.53 Å². The predicted octanol–water partition coefficient (Wildman–Crippen LogP) is 4.76. The van der Waals surface area contributed by atoms with Gasteiger partial charge in [-0.15, -0.1) is 0 Å². The molecule has 0 aliphatic heterocycles. The maximum absolute atomic E-state index is 4.48. The van der Waals surface area contributed by atoms with Crippen molar-refractivity contribution in [3.63, 3.8) is 0 Å². The minimum absolute atomic E-state index is 0.950. The molecule has 4 heteroatoms. The van der Waals surface area contributed by atoms with E-state index in [1.807, 2.05) is 0 Å². The molecule has 0 fully saturated rings. The lowest BCUT2D eigenvalue weighted by Gasteiger charge is -1.99. The molecule has 0 aromatic carbocycles. The first-order chi connectivity index (χ1) is 7.10. The Morgan fingerprint density at radius 3 is 2.53 bits per heavy atom. The van der Waals surface area contributed by atoms with Crippen molar-refractivity contribution in [2.24, 2.45) is 4.99 Å². The predicted molar refractivity (Wildman–Crippen MR) is 85.6 cm³/mol. The highest BCUT2D eigenvalue weighted by Crippen LogP contribution is 2.06. The smallest absolute Gasteiger partial charge is 0.131 e. The van der Waals surface area contributed by atoms with Crippen LogP contribution >= 0.6 is 45.5 Å². The largest absolute Gasteiger partial charge is 0.313 e. The fourth-order valence-electron chi connectivity index (χ4n) is 0.934. The summed E-state index contributed by atoms with van der Waals surface area (Å²) in [5.74, 6) is 0.950. The van der Waals surface area contributed by atoms with Crippen molar-refractivity contribution in [1.29, 1.82) is 0 Å². The van der Waals surface area contributed by atoms with Crippen molar-refractivity contribution >= 4 is 49.2 Å². The van der Waals surface area contributed by atoms with Gasteiger partial charge in [0.05, 0.1) is 22.9 Å². The molecule has 0 aromatic heterocycles. The van der Waals surface area contributed by atoms with Crippen molar-refractivity contribution in [1.82, 2.24) is 3.53 Å². The maximum atomic E-state index is 4.48. The van der Waals surface area contributed by atoms with E-state index in [-0.39, 0.29) is 0 Å². The standard InChI is InChI=1S/C11H18I2N2/c1-4-5-6-7-11(15-13)14-10(12)8-9(2)3/h7-8,15H,4-6H2,1-3H3/b11-7-,14-10?. The molecule has 2 nitrogen and oxygen atoms in total. The van der Waals surface area contributed by atoms with Gasteiger partial charge in [0.15, 0.2) is 0 Å². The highest BCUT2D eigenvalue weighted by atomic mass is 127. The van der Waals surface area contributed by atoms with E-state index >= 15 is 0 Å². The lowest BCUT2D eigenvalue weighted by Crippen LogP contribution is -1.97. The Hall–Kier alpha value is 0.410. The number of nitrogens with zero attached hydrogens (tertiary/aromatic N) is 1. The third kappa shape index (κ3) is 9.35. The number of halogens is 2. The van der Waals surface area contributed by atoms with Crippen LogP contribution in [-0.2, 0) is 0 Å². The molecule has 0 aliphatic rings. The molecule has 0 aromatic rings. The van der Waals surface area contributed by atoms with Crippen LogP contribution in [0.25, 0.3) is 0 Å². The second-order valence-electron chi connectivity index (χ2n) is 3.48. The summed E-state index contributed by atoms with van der Waals surface area (Å²) in [4.78, 5) is 4.48. The molecule has 0 saturated carbocycles. The van der Waals surface area contributed by atoms with E-state index in [9.17, 15) is 0 Å². The van der Waals surface area contributed by atoms with Crippen LogP contribution in [0.3, 0.4) is 0 Å². The summed E-state index contributed by atoms with van der Waals surface area (Å²) in [5.41, 5.74) is 1.27. The highest BCUT2D eigenvalue weighted by Gasteiger charge is 1.93. The molecule has 0 atom stereocenters. The third-order valence-electron chi connectivity index (χ3n) is 1.63. The molecule has 1 N–H and O–H groups in total. The van der Waals surface area contributed by atoms with Crippen LogP contribution in [0.2, 0.25) is 0 Å². The fourth-order valence-corrected chi connectivity index (χ4v) is 2.16. The zero-order chi connectivity index (χ0) is 11.7. The molecule has 0 bridgehead atoms. The fraction of sp³-hybridized carbons (Fsp3) is 0.545. The van der Waals surface area contributed by atoms with Gasteiger partial charge >= 0.3 is 0 Å². The molecule has 15 heavy (non-hydrogen) atoms. The number of hydrogen-bond donors (Lipinski definition) is 1. The van der Waals surface area contributed by atoms with E-state index in [4.69, 9.17) is 0 Å². The van der Waals surface area contributed by atoms with Gasteiger partial charge in [0.2, 0.25) is 0 Å². The average Bonchev–Trinajstić information content (AvgIpc) is 2.15. The number of hydrogen-bond acceptors (Lipinski definition) is 2. The molecule has 0 spiro atoms. The summed E-state index contributed by atoms with van der Waals surface area (Å²) in [6.45, 7) is 6.35. The molecule has 0 rings (SSSR count). The summed E-state index contributed by atoms with van der Waals surface area (Å²) < 4.78 is 4.09. The van der Waals surface area contributed by atoms with E-state index in [2.05, 4.69) is 86.9 Å². The highest BCUT2D eigenvalue weighted by molar-refractivity contribution is 14.1.